The normalized spacial score (nSPS) is 14.1. The van der Waals surface area contributed by atoms with Gasteiger partial charge in [0.05, 0.1) is 29.5 Å². The molecule has 200 valence electrons. The zero-order chi connectivity index (χ0) is 26.8. The number of hydrogen-bond acceptors (Lipinski definition) is 8. The molecule has 0 unspecified atom stereocenters. The summed E-state index contributed by atoms with van der Waals surface area (Å²) in [6.07, 6.45) is 11.0. The summed E-state index contributed by atoms with van der Waals surface area (Å²) >= 11 is 1.43. The summed E-state index contributed by atoms with van der Waals surface area (Å²) in [6.45, 7) is 5.09. The van der Waals surface area contributed by atoms with Crippen LogP contribution in [0.5, 0.6) is 0 Å². The highest BCUT2D eigenvalue weighted by atomic mass is 32.1. The van der Waals surface area contributed by atoms with Crippen LogP contribution >= 0.6 is 11.5 Å². The Bertz CT molecular complexity index is 1600. The molecule has 12 heteroatoms. The van der Waals surface area contributed by atoms with Crippen molar-refractivity contribution in [2.24, 2.45) is 0 Å². The summed E-state index contributed by atoms with van der Waals surface area (Å²) < 4.78 is 21.3. The van der Waals surface area contributed by atoms with Crippen molar-refractivity contribution < 1.29 is 9.18 Å². The van der Waals surface area contributed by atoms with Crippen LogP contribution in [0.25, 0.3) is 16.9 Å². The minimum absolute atomic E-state index is 0.0205. The molecule has 1 aliphatic rings. The van der Waals surface area contributed by atoms with E-state index >= 15 is 0 Å². The lowest BCUT2D eigenvalue weighted by Gasteiger charge is -2.25. The molecular formula is C27H28FN9OS. The molecule has 2 N–H and O–H groups in total. The third-order valence-corrected chi connectivity index (χ3v) is 7.35. The van der Waals surface area contributed by atoms with Crippen LogP contribution in [0.1, 0.15) is 30.7 Å². The number of amides is 1. The first-order chi connectivity index (χ1) is 19.0. The molecule has 39 heavy (non-hydrogen) atoms. The second kappa shape index (κ2) is 10.9. The maximum Gasteiger partial charge on any atom is 0.246 e. The van der Waals surface area contributed by atoms with Crippen molar-refractivity contribution in [3.63, 3.8) is 0 Å². The first kappa shape index (κ1) is 25.1. The van der Waals surface area contributed by atoms with Crippen LogP contribution in [-0.4, -0.2) is 52.4 Å². The van der Waals surface area contributed by atoms with Gasteiger partial charge in [-0.1, -0.05) is 6.42 Å². The van der Waals surface area contributed by atoms with Gasteiger partial charge < -0.3 is 10.6 Å². The molecule has 1 amide bonds. The number of rotatable bonds is 8. The molecule has 1 aliphatic heterocycles. The van der Waals surface area contributed by atoms with Gasteiger partial charge in [0.25, 0.3) is 0 Å². The predicted molar refractivity (Wildman–Crippen MR) is 148 cm³/mol. The van der Waals surface area contributed by atoms with Crippen LogP contribution in [0.3, 0.4) is 0 Å². The summed E-state index contributed by atoms with van der Waals surface area (Å²) in [5.41, 5.74) is 4.75. The smallest absolute Gasteiger partial charge is 0.246 e. The van der Waals surface area contributed by atoms with Gasteiger partial charge in [0, 0.05) is 30.2 Å². The number of imidazole rings is 1. The summed E-state index contributed by atoms with van der Waals surface area (Å²) in [5.74, 6) is 0.0387. The molecule has 5 aromatic rings. The Morgan fingerprint density at radius 3 is 2.74 bits per heavy atom. The van der Waals surface area contributed by atoms with Crippen molar-refractivity contribution in [1.82, 2.24) is 33.4 Å². The van der Waals surface area contributed by atoms with Crippen molar-refractivity contribution >= 4 is 39.6 Å². The Kier molecular flexibility index (Phi) is 7.03. The van der Waals surface area contributed by atoms with E-state index in [0.29, 0.717) is 17.2 Å². The van der Waals surface area contributed by atoms with Crippen molar-refractivity contribution in [2.75, 3.05) is 23.7 Å². The number of benzene rings is 1. The number of aromatic nitrogens is 6. The number of hydrogen-bond donors (Lipinski definition) is 2. The second-order valence-electron chi connectivity index (χ2n) is 9.69. The molecule has 1 saturated heterocycles. The van der Waals surface area contributed by atoms with Gasteiger partial charge in [0.2, 0.25) is 5.91 Å². The van der Waals surface area contributed by atoms with E-state index in [1.165, 1.54) is 55.1 Å². The Morgan fingerprint density at radius 1 is 1.10 bits per heavy atom. The summed E-state index contributed by atoms with van der Waals surface area (Å²) in [4.78, 5) is 24.2. The minimum Gasteiger partial charge on any atom is -0.328 e. The number of halogens is 1. The maximum absolute atomic E-state index is 13.1. The van der Waals surface area contributed by atoms with Gasteiger partial charge in [0.1, 0.15) is 17.4 Å². The van der Waals surface area contributed by atoms with Gasteiger partial charge in [-0.25, -0.2) is 14.4 Å². The molecule has 1 aromatic carbocycles. The van der Waals surface area contributed by atoms with Gasteiger partial charge in [-0.2, -0.15) is 9.47 Å². The quantitative estimate of drug-likeness (QED) is 0.287. The molecule has 6 rings (SSSR count). The van der Waals surface area contributed by atoms with Gasteiger partial charge in [0.15, 0.2) is 11.5 Å². The van der Waals surface area contributed by atoms with Crippen molar-refractivity contribution in [1.29, 1.82) is 0 Å². The number of anilines is 3. The monoisotopic (exact) mass is 545 g/mol. The lowest BCUT2D eigenvalue weighted by atomic mass is 10.1. The average molecular weight is 546 g/mol. The van der Waals surface area contributed by atoms with Crippen LogP contribution in [0.2, 0.25) is 0 Å². The number of aryl methyl sites for hydroxylation is 1. The van der Waals surface area contributed by atoms with E-state index in [4.69, 9.17) is 4.98 Å². The molecule has 0 saturated carbocycles. The van der Waals surface area contributed by atoms with Gasteiger partial charge in [-0.15, -0.1) is 0 Å². The van der Waals surface area contributed by atoms with Crippen molar-refractivity contribution in [3.8, 4) is 11.3 Å². The van der Waals surface area contributed by atoms with E-state index in [1.807, 2.05) is 17.5 Å². The second-order valence-corrected chi connectivity index (χ2v) is 10.5. The number of carbonyl (C=O) groups is 1. The number of fused-ring (bicyclic) bond motifs is 1. The number of likely N-dealkylation sites (tertiary alicyclic amines) is 1. The number of nitrogens with zero attached hydrogens (tertiary/aromatic N) is 7. The van der Waals surface area contributed by atoms with E-state index in [9.17, 15) is 9.18 Å². The standard InChI is InChI=1S/C27H28FN9OS/c1-18-14-37-23(19-12-30-36(15-19)17-24(38)32-21-7-5-20(28)6-8-21)13-29-27(37)26(31-18)33-25-11-22(34-39-25)16-35-9-3-2-4-10-35/h5-8,11-15H,2-4,9-10,16-17H2,1H3,(H,31,33)(H,32,38). The van der Waals surface area contributed by atoms with Crippen LogP contribution < -0.4 is 10.6 Å². The van der Waals surface area contributed by atoms with Gasteiger partial charge in [-0.05, 0) is 74.7 Å². The Hall–Kier alpha value is -4.16. The summed E-state index contributed by atoms with van der Waals surface area (Å²) in [6, 6.07) is 7.73. The van der Waals surface area contributed by atoms with E-state index in [0.717, 1.165) is 47.3 Å². The number of carbonyl (C=O) groups excluding carboxylic acids is 1. The number of nitrogens with one attached hydrogen (secondary N) is 2. The zero-order valence-electron chi connectivity index (χ0n) is 21.5. The SMILES string of the molecule is Cc1cn2c(-c3cnn(CC(=O)Nc4ccc(F)cc4)c3)cnc2c(Nc2cc(CN3CCCCC3)ns2)n1. The molecule has 0 bridgehead atoms. The van der Waals surface area contributed by atoms with E-state index in [1.54, 1.807) is 23.3 Å². The molecule has 0 radical (unpaired) electrons. The van der Waals surface area contributed by atoms with Gasteiger partial charge in [-0.3, -0.25) is 18.8 Å². The Balaban J connectivity index is 1.17. The lowest BCUT2D eigenvalue weighted by Crippen LogP contribution is -2.29. The van der Waals surface area contributed by atoms with E-state index < -0.39 is 0 Å². The van der Waals surface area contributed by atoms with Crippen molar-refractivity contribution in [3.05, 3.63) is 72.3 Å². The third-order valence-electron chi connectivity index (χ3n) is 6.61. The molecule has 10 nitrogen and oxygen atoms in total. The Morgan fingerprint density at radius 2 is 1.92 bits per heavy atom. The molecule has 5 heterocycles. The Labute approximate surface area is 228 Å². The van der Waals surface area contributed by atoms with Crippen LogP contribution in [-0.2, 0) is 17.9 Å². The van der Waals surface area contributed by atoms with Gasteiger partial charge >= 0.3 is 0 Å². The largest absolute Gasteiger partial charge is 0.328 e. The topological polar surface area (TPSA) is 105 Å². The molecule has 1 fully saturated rings. The van der Waals surface area contributed by atoms with Crippen LogP contribution in [0, 0.1) is 12.7 Å². The third kappa shape index (κ3) is 5.81. The fraction of sp³-hybridized carbons (Fsp3) is 0.296. The fourth-order valence-electron chi connectivity index (χ4n) is 4.78. The summed E-state index contributed by atoms with van der Waals surface area (Å²) in [5, 5.41) is 11.4. The highest BCUT2D eigenvalue weighted by Crippen LogP contribution is 2.28. The highest BCUT2D eigenvalue weighted by Gasteiger charge is 2.16. The lowest BCUT2D eigenvalue weighted by molar-refractivity contribution is -0.116. The predicted octanol–water partition coefficient (Wildman–Crippen LogP) is 4.87. The molecule has 0 atom stereocenters. The first-order valence-electron chi connectivity index (χ1n) is 12.9. The molecule has 0 spiro atoms. The van der Waals surface area contributed by atoms with Crippen LogP contribution in [0.15, 0.2) is 55.1 Å². The average Bonchev–Trinajstić information content (AvgIpc) is 3.66. The minimum atomic E-state index is -0.355. The zero-order valence-corrected chi connectivity index (χ0v) is 22.3. The highest BCUT2D eigenvalue weighted by molar-refractivity contribution is 7.10. The molecular weight excluding hydrogens is 517 g/mol. The van der Waals surface area contributed by atoms with Crippen LogP contribution in [0.4, 0.5) is 20.9 Å². The number of piperidine rings is 1. The van der Waals surface area contributed by atoms with E-state index in [-0.39, 0.29) is 18.3 Å². The fourth-order valence-corrected chi connectivity index (χ4v) is 5.44. The molecule has 0 aliphatic carbocycles. The van der Waals surface area contributed by atoms with Crippen molar-refractivity contribution in [2.45, 2.75) is 39.3 Å². The molecule has 4 aromatic heterocycles. The summed E-state index contributed by atoms with van der Waals surface area (Å²) in [7, 11) is 0. The maximum atomic E-state index is 13.1. The first-order valence-corrected chi connectivity index (χ1v) is 13.7. The van der Waals surface area contributed by atoms with E-state index in [2.05, 4.69) is 36.1 Å².